The van der Waals surface area contributed by atoms with Gasteiger partial charge in [0.25, 0.3) is 0 Å². The summed E-state index contributed by atoms with van der Waals surface area (Å²) in [6.45, 7) is 2.17. The molecule has 1 N–H and O–H groups in total. The maximum absolute atomic E-state index is 4.47. The molecule has 1 aliphatic rings. The third-order valence-corrected chi connectivity index (χ3v) is 3.75. The molecule has 19 heavy (non-hydrogen) atoms. The molecule has 0 saturated carbocycles. The molecule has 1 unspecified atom stereocenters. The highest BCUT2D eigenvalue weighted by Gasteiger charge is 2.23. The minimum absolute atomic E-state index is 0.603. The second-order valence-corrected chi connectivity index (χ2v) is 5.36. The van der Waals surface area contributed by atoms with Crippen LogP contribution in [0, 0.1) is 0 Å². The third kappa shape index (κ3) is 3.56. The fraction of sp³-hybridized carbons (Fsp3) is 0.714. The predicted molar refractivity (Wildman–Crippen MR) is 79.9 cm³/mol. The average molecular weight is 263 g/mol. The van der Waals surface area contributed by atoms with E-state index in [9.17, 15) is 0 Å². The Balaban J connectivity index is 2.14. The number of aromatic nitrogens is 2. The van der Waals surface area contributed by atoms with Crippen molar-refractivity contribution in [2.75, 3.05) is 44.0 Å². The Labute approximate surface area is 116 Å². The smallest absolute Gasteiger partial charge is 0.134 e. The van der Waals surface area contributed by atoms with Crippen LogP contribution < -0.4 is 15.1 Å². The van der Waals surface area contributed by atoms with Gasteiger partial charge in [-0.15, -0.1) is 0 Å². The number of nitrogens with one attached hydrogen (secondary N) is 1. The summed E-state index contributed by atoms with van der Waals surface area (Å²) in [7, 11) is 6.05. The number of nitrogens with zero attached hydrogens (tertiary/aromatic N) is 4. The quantitative estimate of drug-likeness (QED) is 0.872. The Bertz CT molecular complexity index is 393. The Kier molecular flexibility index (Phi) is 4.96. The Morgan fingerprint density at radius 2 is 2.21 bits per heavy atom. The topological polar surface area (TPSA) is 44.3 Å². The summed E-state index contributed by atoms with van der Waals surface area (Å²) >= 11 is 0. The minimum Gasteiger partial charge on any atom is -0.363 e. The molecule has 0 radical (unpaired) electrons. The largest absolute Gasteiger partial charge is 0.363 e. The van der Waals surface area contributed by atoms with Gasteiger partial charge in [-0.1, -0.05) is 0 Å². The highest BCUT2D eigenvalue weighted by atomic mass is 15.2. The molecule has 1 aliphatic heterocycles. The van der Waals surface area contributed by atoms with Crippen molar-refractivity contribution in [1.29, 1.82) is 0 Å². The van der Waals surface area contributed by atoms with Crippen LogP contribution in [0.1, 0.15) is 25.7 Å². The van der Waals surface area contributed by atoms with Crippen LogP contribution in [-0.4, -0.2) is 50.2 Å². The van der Waals surface area contributed by atoms with Crippen LogP contribution in [0.5, 0.6) is 0 Å². The van der Waals surface area contributed by atoms with Crippen LogP contribution in [0.15, 0.2) is 12.4 Å². The van der Waals surface area contributed by atoms with Crippen LogP contribution >= 0.6 is 0 Å². The molecule has 1 aromatic rings. The van der Waals surface area contributed by atoms with E-state index in [-0.39, 0.29) is 0 Å². The number of hydrogen-bond donors (Lipinski definition) is 1. The van der Waals surface area contributed by atoms with Crippen LogP contribution in [-0.2, 0) is 0 Å². The van der Waals surface area contributed by atoms with Crippen LogP contribution in [0.4, 0.5) is 11.6 Å². The summed E-state index contributed by atoms with van der Waals surface area (Å²) in [5.41, 5.74) is 0. The molecule has 2 rings (SSSR count). The Morgan fingerprint density at radius 1 is 1.37 bits per heavy atom. The van der Waals surface area contributed by atoms with Gasteiger partial charge in [-0.2, -0.15) is 0 Å². The van der Waals surface area contributed by atoms with E-state index in [1.54, 1.807) is 6.33 Å². The first-order chi connectivity index (χ1) is 9.22. The summed E-state index contributed by atoms with van der Waals surface area (Å²) in [5.74, 6) is 2.04. The molecule has 0 aromatic carbocycles. The monoisotopic (exact) mass is 263 g/mol. The molecule has 0 bridgehead atoms. The second kappa shape index (κ2) is 6.70. The zero-order valence-corrected chi connectivity index (χ0v) is 12.3. The van der Waals surface area contributed by atoms with Gasteiger partial charge < -0.3 is 15.1 Å². The van der Waals surface area contributed by atoms with Gasteiger partial charge in [0.15, 0.2) is 0 Å². The van der Waals surface area contributed by atoms with E-state index >= 15 is 0 Å². The molecular weight excluding hydrogens is 238 g/mol. The van der Waals surface area contributed by atoms with Crippen molar-refractivity contribution in [1.82, 2.24) is 15.3 Å². The minimum atomic E-state index is 0.603. The van der Waals surface area contributed by atoms with Gasteiger partial charge >= 0.3 is 0 Å². The van der Waals surface area contributed by atoms with E-state index in [4.69, 9.17) is 0 Å². The van der Waals surface area contributed by atoms with E-state index in [0.717, 1.165) is 24.7 Å². The number of hydrogen-bond acceptors (Lipinski definition) is 5. The lowest BCUT2D eigenvalue weighted by molar-refractivity contribution is 0.430. The third-order valence-electron chi connectivity index (χ3n) is 3.75. The number of anilines is 2. The first-order valence-electron chi connectivity index (χ1n) is 7.13. The first-order valence-corrected chi connectivity index (χ1v) is 7.13. The first kappa shape index (κ1) is 14.1. The normalized spacial score (nSPS) is 19.5. The van der Waals surface area contributed by atoms with E-state index in [2.05, 4.69) is 26.3 Å². The van der Waals surface area contributed by atoms with Gasteiger partial charge in [0.1, 0.15) is 18.0 Å². The van der Waals surface area contributed by atoms with Crippen LogP contribution in [0.25, 0.3) is 0 Å². The molecule has 1 atom stereocenters. The average Bonchev–Trinajstić information content (AvgIpc) is 2.45. The van der Waals surface area contributed by atoms with Crippen molar-refractivity contribution in [2.24, 2.45) is 0 Å². The second-order valence-electron chi connectivity index (χ2n) is 5.36. The van der Waals surface area contributed by atoms with E-state index in [1.807, 2.05) is 26.0 Å². The van der Waals surface area contributed by atoms with Gasteiger partial charge in [0, 0.05) is 32.7 Å². The maximum atomic E-state index is 4.47. The van der Waals surface area contributed by atoms with Gasteiger partial charge in [-0.05, 0) is 39.3 Å². The molecule has 5 nitrogen and oxygen atoms in total. The number of piperidine rings is 1. The van der Waals surface area contributed by atoms with Crippen molar-refractivity contribution in [3.05, 3.63) is 12.4 Å². The Hall–Kier alpha value is -1.36. The standard InChI is InChI=1S/C14H25N5/c1-15-8-7-12-6-4-5-9-19(12)14-10-13(18(2)3)16-11-17-14/h10-12,15H,4-9H2,1-3H3. The van der Waals surface area contributed by atoms with Crippen molar-refractivity contribution >= 4 is 11.6 Å². The summed E-state index contributed by atoms with van der Waals surface area (Å²) in [4.78, 5) is 13.2. The molecule has 1 saturated heterocycles. The van der Waals surface area contributed by atoms with E-state index < -0.39 is 0 Å². The molecule has 5 heteroatoms. The molecule has 2 heterocycles. The fourth-order valence-electron chi connectivity index (χ4n) is 2.65. The van der Waals surface area contributed by atoms with Crippen molar-refractivity contribution < 1.29 is 0 Å². The summed E-state index contributed by atoms with van der Waals surface area (Å²) < 4.78 is 0. The Morgan fingerprint density at radius 3 is 2.95 bits per heavy atom. The molecule has 0 spiro atoms. The molecule has 0 amide bonds. The molecule has 0 aliphatic carbocycles. The van der Waals surface area contributed by atoms with Gasteiger partial charge in [0.05, 0.1) is 0 Å². The lowest BCUT2D eigenvalue weighted by Crippen LogP contribution is -2.41. The highest BCUT2D eigenvalue weighted by molar-refractivity contribution is 5.50. The lowest BCUT2D eigenvalue weighted by Gasteiger charge is -2.37. The summed E-state index contributed by atoms with van der Waals surface area (Å²) in [6.07, 6.45) is 6.71. The summed E-state index contributed by atoms with van der Waals surface area (Å²) in [5, 5.41) is 3.25. The number of rotatable bonds is 5. The molecular formula is C14H25N5. The van der Waals surface area contributed by atoms with Crippen LogP contribution in [0.2, 0.25) is 0 Å². The van der Waals surface area contributed by atoms with Crippen molar-refractivity contribution in [3.63, 3.8) is 0 Å². The van der Waals surface area contributed by atoms with Gasteiger partial charge in [-0.3, -0.25) is 0 Å². The van der Waals surface area contributed by atoms with E-state index in [1.165, 1.54) is 25.7 Å². The summed E-state index contributed by atoms with van der Waals surface area (Å²) in [6, 6.07) is 2.70. The molecule has 1 aromatic heterocycles. The van der Waals surface area contributed by atoms with Gasteiger partial charge in [-0.25, -0.2) is 9.97 Å². The maximum Gasteiger partial charge on any atom is 0.134 e. The lowest BCUT2D eigenvalue weighted by atomic mass is 9.99. The SMILES string of the molecule is CNCCC1CCCCN1c1cc(N(C)C)ncn1. The predicted octanol–water partition coefficient (Wildman–Crippen LogP) is 1.51. The molecule has 106 valence electrons. The van der Waals surface area contributed by atoms with Gasteiger partial charge in [0.2, 0.25) is 0 Å². The zero-order chi connectivity index (χ0) is 13.7. The van der Waals surface area contributed by atoms with Crippen molar-refractivity contribution in [3.8, 4) is 0 Å². The fourth-order valence-corrected chi connectivity index (χ4v) is 2.65. The zero-order valence-electron chi connectivity index (χ0n) is 12.3. The molecule has 1 fully saturated rings. The van der Waals surface area contributed by atoms with Crippen LogP contribution in [0.3, 0.4) is 0 Å². The van der Waals surface area contributed by atoms with E-state index in [0.29, 0.717) is 6.04 Å². The van der Waals surface area contributed by atoms with Crippen molar-refractivity contribution in [2.45, 2.75) is 31.7 Å². The highest BCUT2D eigenvalue weighted by Crippen LogP contribution is 2.26.